The number of aromatic amines is 1. The average molecular weight is 413 g/mol. The second-order valence-corrected chi connectivity index (χ2v) is 6.00. The third kappa shape index (κ3) is 4.61. The third-order valence-electron chi connectivity index (χ3n) is 4.04. The van der Waals surface area contributed by atoms with Gasteiger partial charge in [-0.05, 0) is 29.8 Å². The van der Waals surface area contributed by atoms with E-state index in [9.17, 15) is 24.4 Å². The van der Waals surface area contributed by atoms with Gasteiger partial charge in [-0.1, -0.05) is 30.3 Å². The minimum atomic E-state index is -1.07. The quantitative estimate of drug-likeness (QED) is 0.449. The number of aromatic nitrogens is 2. The first-order chi connectivity index (χ1) is 14.4. The largest absolute Gasteiger partial charge is 0.493 e. The Balaban J connectivity index is 1.79. The van der Waals surface area contributed by atoms with E-state index in [2.05, 4.69) is 9.97 Å². The maximum absolute atomic E-state index is 13.7. The smallest absolute Gasteiger partial charge is 0.395 e. The molecule has 154 valence electrons. The van der Waals surface area contributed by atoms with E-state index in [1.807, 2.05) is 0 Å². The molecule has 0 atom stereocenters. The second-order valence-electron chi connectivity index (χ2n) is 6.00. The summed E-state index contributed by atoms with van der Waals surface area (Å²) in [6.45, 7) is 0.0193. The van der Waals surface area contributed by atoms with Crippen LogP contribution in [0, 0.1) is 15.9 Å². The van der Waals surface area contributed by atoms with Crippen molar-refractivity contribution in [2.75, 3.05) is 7.11 Å². The van der Waals surface area contributed by atoms with Gasteiger partial charge in [-0.15, -0.1) is 0 Å². The first-order valence-corrected chi connectivity index (χ1v) is 8.59. The van der Waals surface area contributed by atoms with Gasteiger partial charge in [0.05, 0.1) is 12.0 Å². The van der Waals surface area contributed by atoms with E-state index in [0.29, 0.717) is 22.6 Å². The molecule has 0 saturated heterocycles. The van der Waals surface area contributed by atoms with E-state index >= 15 is 0 Å². The SMILES string of the molecule is COc1cc(/C=C/c2nc(O)c([N+](=O)[O-])c(=O)[nH]2)ccc1OCc1ccccc1F. The van der Waals surface area contributed by atoms with Crippen molar-refractivity contribution in [2.45, 2.75) is 6.61 Å². The molecule has 0 aliphatic rings. The Bertz CT molecular complexity index is 1180. The molecule has 3 aromatic rings. The van der Waals surface area contributed by atoms with E-state index in [0.717, 1.165) is 0 Å². The van der Waals surface area contributed by atoms with Gasteiger partial charge in [0.2, 0.25) is 0 Å². The Kier molecular flexibility index (Phi) is 6.06. The summed E-state index contributed by atoms with van der Waals surface area (Å²) in [5, 5.41) is 20.3. The zero-order valence-corrected chi connectivity index (χ0v) is 15.7. The summed E-state index contributed by atoms with van der Waals surface area (Å²) in [7, 11) is 1.45. The molecule has 9 nitrogen and oxygen atoms in total. The van der Waals surface area contributed by atoms with Gasteiger partial charge in [-0.25, -0.2) is 4.39 Å². The molecule has 0 amide bonds. The van der Waals surface area contributed by atoms with Crippen LogP contribution in [0.4, 0.5) is 10.1 Å². The summed E-state index contributed by atoms with van der Waals surface area (Å²) in [4.78, 5) is 27.2. The molecule has 0 radical (unpaired) electrons. The Hall–Kier alpha value is -4.21. The van der Waals surface area contributed by atoms with Crippen LogP contribution in [-0.4, -0.2) is 27.1 Å². The standard InChI is InChI=1S/C20H16FN3O6/c1-29-16-10-12(6-8-15(16)30-11-13-4-2-3-5-14(13)21)7-9-17-22-19(25)18(24(27)28)20(26)23-17/h2-10H,11H2,1H3,(H2,22,23,25,26)/b9-7+. The van der Waals surface area contributed by atoms with E-state index in [4.69, 9.17) is 9.47 Å². The van der Waals surface area contributed by atoms with Gasteiger partial charge in [0.15, 0.2) is 11.5 Å². The van der Waals surface area contributed by atoms with Crippen LogP contribution in [0.3, 0.4) is 0 Å². The molecule has 0 unspecified atom stereocenters. The number of nitro groups is 1. The normalized spacial score (nSPS) is 10.9. The van der Waals surface area contributed by atoms with Crippen LogP contribution in [0.25, 0.3) is 12.2 Å². The Morgan fingerprint density at radius 3 is 2.67 bits per heavy atom. The Morgan fingerprint density at radius 2 is 2.00 bits per heavy atom. The topological polar surface area (TPSA) is 128 Å². The highest BCUT2D eigenvalue weighted by Gasteiger charge is 2.21. The first-order valence-electron chi connectivity index (χ1n) is 8.59. The summed E-state index contributed by atoms with van der Waals surface area (Å²) in [6.07, 6.45) is 2.91. The molecule has 0 bridgehead atoms. The molecule has 0 fully saturated rings. The predicted molar refractivity (Wildman–Crippen MR) is 106 cm³/mol. The van der Waals surface area contributed by atoms with Gasteiger partial charge in [-0.2, -0.15) is 4.98 Å². The van der Waals surface area contributed by atoms with Crippen molar-refractivity contribution in [3.8, 4) is 17.4 Å². The molecule has 1 heterocycles. The van der Waals surface area contributed by atoms with Gasteiger partial charge >= 0.3 is 11.2 Å². The molecule has 0 aliphatic carbocycles. The summed E-state index contributed by atoms with van der Waals surface area (Å²) in [5.41, 5.74) is -1.06. The van der Waals surface area contributed by atoms with Gasteiger partial charge in [0, 0.05) is 5.56 Å². The number of nitrogens with zero attached hydrogens (tertiary/aromatic N) is 2. The monoisotopic (exact) mass is 413 g/mol. The van der Waals surface area contributed by atoms with Crippen molar-refractivity contribution in [3.63, 3.8) is 0 Å². The molecule has 2 aromatic carbocycles. The lowest BCUT2D eigenvalue weighted by atomic mass is 10.2. The van der Waals surface area contributed by atoms with Crippen molar-refractivity contribution < 1.29 is 23.9 Å². The number of rotatable bonds is 7. The Labute approximate surface area is 169 Å². The van der Waals surface area contributed by atoms with Crippen molar-refractivity contribution in [2.24, 2.45) is 0 Å². The van der Waals surface area contributed by atoms with Crippen LogP contribution >= 0.6 is 0 Å². The number of benzene rings is 2. The number of H-pyrrole nitrogens is 1. The van der Waals surface area contributed by atoms with Crippen molar-refractivity contribution in [3.05, 3.63) is 85.7 Å². The molecule has 1 aromatic heterocycles. The number of aromatic hydroxyl groups is 1. The van der Waals surface area contributed by atoms with Crippen LogP contribution in [0.2, 0.25) is 0 Å². The molecule has 0 aliphatic heterocycles. The molecule has 2 N–H and O–H groups in total. The van der Waals surface area contributed by atoms with Crippen LogP contribution in [0.15, 0.2) is 47.3 Å². The van der Waals surface area contributed by atoms with Gasteiger partial charge in [-0.3, -0.25) is 14.9 Å². The minimum Gasteiger partial charge on any atom is -0.493 e. The molecule has 0 spiro atoms. The van der Waals surface area contributed by atoms with Gasteiger partial charge in [0.1, 0.15) is 18.2 Å². The number of ether oxygens (including phenoxy) is 2. The summed E-state index contributed by atoms with van der Waals surface area (Å²) >= 11 is 0. The summed E-state index contributed by atoms with van der Waals surface area (Å²) in [6, 6.07) is 11.2. The van der Waals surface area contributed by atoms with Gasteiger partial charge < -0.3 is 19.6 Å². The Morgan fingerprint density at radius 1 is 1.23 bits per heavy atom. The summed E-state index contributed by atoms with van der Waals surface area (Å²) < 4.78 is 24.6. The number of nitrogens with one attached hydrogen (secondary N) is 1. The molecule has 30 heavy (non-hydrogen) atoms. The fraction of sp³-hybridized carbons (Fsp3) is 0.100. The first kappa shape index (κ1) is 20.5. The average Bonchev–Trinajstić information content (AvgIpc) is 2.71. The fourth-order valence-electron chi connectivity index (χ4n) is 2.57. The zero-order chi connectivity index (χ0) is 21.7. The van der Waals surface area contributed by atoms with E-state index in [1.54, 1.807) is 42.5 Å². The zero-order valence-electron chi connectivity index (χ0n) is 15.7. The predicted octanol–water partition coefficient (Wildman–Crippen LogP) is 3.28. The summed E-state index contributed by atoms with van der Waals surface area (Å²) in [5.74, 6) is -0.623. The molecule has 3 rings (SSSR count). The molecule has 10 heteroatoms. The number of methoxy groups -OCH3 is 1. The van der Waals surface area contributed by atoms with E-state index in [1.165, 1.54) is 19.3 Å². The number of hydrogen-bond acceptors (Lipinski definition) is 7. The fourth-order valence-corrected chi connectivity index (χ4v) is 2.57. The van der Waals surface area contributed by atoms with Crippen LogP contribution < -0.4 is 15.0 Å². The highest BCUT2D eigenvalue weighted by molar-refractivity contribution is 5.68. The van der Waals surface area contributed by atoms with Crippen molar-refractivity contribution >= 4 is 17.8 Å². The lowest BCUT2D eigenvalue weighted by molar-refractivity contribution is -0.387. The van der Waals surface area contributed by atoms with Crippen molar-refractivity contribution in [1.29, 1.82) is 0 Å². The van der Waals surface area contributed by atoms with E-state index < -0.39 is 22.0 Å². The van der Waals surface area contributed by atoms with Crippen LogP contribution in [-0.2, 0) is 6.61 Å². The van der Waals surface area contributed by atoms with Gasteiger partial charge in [0.25, 0.3) is 5.88 Å². The maximum atomic E-state index is 13.7. The lowest BCUT2D eigenvalue weighted by Gasteiger charge is -2.12. The molecular formula is C20H16FN3O6. The van der Waals surface area contributed by atoms with Crippen LogP contribution in [0.1, 0.15) is 17.0 Å². The number of hydrogen-bond donors (Lipinski definition) is 2. The minimum absolute atomic E-state index is 0.0193. The highest BCUT2D eigenvalue weighted by atomic mass is 19.1. The lowest BCUT2D eigenvalue weighted by Crippen LogP contribution is -2.14. The van der Waals surface area contributed by atoms with Crippen LogP contribution in [0.5, 0.6) is 17.4 Å². The maximum Gasteiger partial charge on any atom is 0.395 e. The third-order valence-corrected chi connectivity index (χ3v) is 4.04. The second kappa shape index (κ2) is 8.86. The molecular weight excluding hydrogens is 397 g/mol. The van der Waals surface area contributed by atoms with E-state index in [-0.39, 0.29) is 18.2 Å². The number of halogens is 1. The van der Waals surface area contributed by atoms with Crippen molar-refractivity contribution in [1.82, 2.24) is 9.97 Å². The molecule has 0 saturated carbocycles. The highest BCUT2D eigenvalue weighted by Crippen LogP contribution is 2.30.